The number of likely N-dealkylation sites (tertiary alicyclic amines) is 2. The molecule has 7 rings (SSSR count). The van der Waals surface area contributed by atoms with Crippen LogP contribution in [0.5, 0.6) is 0 Å². The summed E-state index contributed by atoms with van der Waals surface area (Å²) in [6.07, 6.45) is 1.52. The first-order valence-electron chi connectivity index (χ1n) is 22.3. The molecule has 0 bridgehead atoms. The normalized spacial score (nSPS) is 16.9. The number of benzene rings is 4. The second-order valence-electron chi connectivity index (χ2n) is 16.2. The van der Waals surface area contributed by atoms with Crippen LogP contribution in [0.3, 0.4) is 0 Å². The Morgan fingerprint density at radius 1 is 0.606 bits per heavy atom. The Labute approximate surface area is 384 Å². The van der Waals surface area contributed by atoms with Crippen molar-refractivity contribution in [2.75, 3.05) is 84.8 Å². The largest absolute Gasteiger partial charge is 0.453 e. The third kappa shape index (κ3) is 11.3. The summed E-state index contributed by atoms with van der Waals surface area (Å²) in [5.41, 5.74) is 4.10. The maximum atomic E-state index is 14.0. The summed E-state index contributed by atoms with van der Waals surface area (Å²) in [4.78, 5) is 71.6. The fourth-order valence-electron chi connectivity index (χ4n) is 8.77. The van der Waals surface area contributed by atoms with Crippen LogP contribution in [-0.4, -0.2) is 130 Å². The van der Waals surface area contributed by atoms with E-state index in [9.17, 15) is 24.0 Å². The summed E-state index contributed by atoms with van der Waals surface area (Å²) in [5, 5.41) is 13.8. The van der Waals surface area contributed by atoms with Gasteiger partial charge in [-0.05, 0) is 61.1 Å². The van der Waals surface area contributed by atoms with E-state index in [1.54, 1.807) is 43.4 Å². The highest BCUT2D eigenvalue weighted by molar-refractivity contribution is 6.11. The molecule has 17 heteroatoms. The molecule has 0 saturated carbocycles. The number of carbonyl (C=O) groups is 5. The summed E-state index contributed by atoms with van der Waals surface area (Å²) < 4.78 is 28.8. The van der Waals surface area contributed by atoms with Crippen LogP contribution in [-0.2, 0) is 49.4 Å². The van der Waals surface area contributed by atoms with E-state index in [0.717, 1.165) is 27.4 Å². The summed E-state index contributed by atoms with van der Waals surface area (Å²) in [6, 6.07) is 26.5. The van der Waals surface area contributed by atoms with Crippen molar-refractivity contribution in [2.45, 2.75) is 56.4 Å². The van der Waals surface area contributed by atoms with Gasteiger partial charge in [0.1, 0.15) is 24.2 Å². The molecule has 4 atom stereocenters. The molecule has 5 aromatic rings. The molecule has 1 aromatic heterocycles. The minimum Gasteiger partial charge on any atom is -0.453 e. The fraction of sp³-hybridized carbons (Fsp3) is 0.408. The highest BCUT2D eigenvalue weighted by atomic mass is 16.5. The van der Waals surface area contributed by atoms with Gasteiger partial charge in [-0.15, -0.1) is 0 Å². The van der Waals surface area contributed by atoms with Crippen LogP contribution in [0.1, 0.15) is 48.9 Å². The SMILES string of the molecule is COCCOCCOCCn1c2cc(NC(=O)[C@@H]3CCCN3C(=O)[C@H](NCOC)c3ccccc3)ccc2c2ccc(NC(=O)[C@@H]3CCCN3C(=O)[C@H](NC(=O)OC)c3ccccc3)cc21. The van der Waals surface area contributed by atoms with Gasteiger partial charge in [0.05, 0.1) is 57.9 Å². The molecule has 5 amide bonds. The smallest absolute Gasteiger partial charge is 0.407 e. The van der Waals surface area contributed by atoms with E-state index in [2.05, 4.69) is 25.8 Å². The van der Waals surface area contributed by atoms with E-state index in [4.69, 9.17) is 23.7 Å². The zero-order valence-corrected chi connectivity index (χ0v) is 37.7. The van der Waals surface area contributed by atoms with Crippen molar-refractivity contribution >= 4 is 62.9 Å². The number of nitrogens with zero attached hydrogens (tertiary/aromatic N) is 3. The van der Waals surface area contributed by atoms with E-state index < -0.39 is 36.2 Å². The minimum atomic E-state index is -1.04. The van der Waals surface area contributed by atoms with Crippen LogP contribution in [0.25, 0.3) is 21.8 Å². The van der Waals surface area contributed by atoms with E-state index in [0.29, 0.717) is 95.3 Å². The molecule has 3 heterocycles. The van der Waals surface area contributed by atoms with Crippen molar-refractivity contribution < 1.29 is 47.7 Å². The number of amides is 5. The van der Waals surface area contributed by atoms with Crippen LogP contribution >= 0.6 is 0 Å². The van der Waals surface area contributed by atoms with Crippen LogP contribution in [0.2, 0.25) is 0 Å². The van der Waals surface area contributed by atoms with Crippen molar-refractivity contribution in [3.63, 3.8) is 0 Å². The molecule has 2 aliphatic rings. The predicted octanol–water partition coefficient (Wildman–Crippen LogP) is 5.37. The number of methoxy groups -OCH3 is 3. The molecule has 2 saturated heterocycles. The third-order valence-corrected chi connectivity index (χ3v) is 12.0. The molecule has 17 nitrogen and oxygen atoms in total. The summed E-state index contributed by atoms with van der Waals surface area (Å²) in [7, 11) is 4.41. The van der Waals surface area contributed by atoms with Gasteiger partial charge in [-0.3, -0.25) is 24.5 Å². The Balaban J connectivity index is 1.12. The average molecular weight is 906 g/mol. The molecule has 2 fully saturated rings. The van der Waals surface area contributed by atoms with E-state index in [-0.39, 0.29) is 24.5 Å². The number of anilines is 2. The maximum absolute atomic E-state index is 14.0. The molecular formula is C49H59N7O10. The quantitative estimate of drug-likeness (QED) is 0.0548. The molecule has 0 spiro atoms. The molecule has 4 N–H and O–H groups in total. The monoisotopic (exact) mass is 905 g/mol. The van der Waals surface area contributed by atoms with Crippen molar-refractivity contribution in [1.82, 2.24) is 25.0 Å². The van der Waals surface area contributed by atoms with Gasteiger partial charge in [-0.2, -0.15) is 0 Å². The highest BCUT2D eigenvalue weighted by Gasteiger charge is 2.39. The number of carbonyl (C=O) groups excluding carboxylic acids is 5. The van der Waals surface area contributed by atoms with E-state index in [1.807, 2.05) is 72.8 Å². The van der Waals surface area contributed by atoms with Crippen LogP contribution in [0.15, 0.2) is 97.1 Å². The molecule has 66 heavy (non-hydrogen) atoms. The first-order valence-corrected chi connectivity index (χ1v) is 22.3. The molecule has 2 aliphatic heterocycles. The third-order valence-electron chi connectivity index (χ3n) is 12.0. The lowest BCUT2D eigenvalue weighted by Crippen LogP contribution is -2.48. The first-order chi connectivity index (χ1) is 32.2. The Kier molecular flexibility index (Phi) is 16.7. The number of aromatic nitrogens is 1. The lowest BCUT2D eigenvalue weighted by atomic mass is 10.0. The first kappa shape index (κ1) is 47.6. The Hall–Kier alpha value is -6.37. The topological polar surface area (TPSA) is 191 Å². The Morgan fingerprint density at radius 2 is 1.11 bits per heavy atom. The molecular weight excluding hydrogens is 847 g/mol. The van der Waals surface area contributed by atoms with Gasteiger partial charge in [-0.1, -0.05) is 72.8 Å². The zero-order valence-electron chi connectivity index (χ0n) is 37.7. The van der Waals surface area contributed by atoms with Gasteiger partial charge in [0.2, 0.25) is 17.7 Å². The molecule has 0 radical (unpaired) electrons. The van der Waals surface area contributed by atoms with Gasteiger partial charge < -0.3 is 54.0 Å². The van der Waals surface area contributed by atoms with Crippen molar-refractivity contribution in [3.05, 3.63) is 108 Å². The van der Waals surface area contributed by atoms with Crippen LogP contribution < -0.4 is 21.3 Å². The molecule has 350 valence electrons. The maximum Gasteiger partial charge on any atom is 0.407 e. The molecule has 0 unspecified atom stereocenters. The summed E-state index contributed by atoms with van der Waals surface area (Å²) in [6.45, 7) is 3.49. The average Bonchev–Trinajstić information content (AvgIpc) is 4.11. The number of alkyl carbamates (subject to hydrolysis) is 1. The second-order valence-corrected chi connectivity index (χ2v) is 16.2. The van der Waals surface area contributed by atoms with E-state index >= 15 is 0 Å². The fourth-order valence-corrected chi connectivity index (χ4v) is 8.77. The standard InChI is InChI=1S/C49H59N7O10/c1-62-26-27-66-29-28-65-25-24-54-41-30-35(51-45(57)39-16-10-22-55(39)47(59)43(50-32-63-2)33-12-6-4-7-13-33)18-20-37(41)38-21-19-36(31-42(38)54)52-46(58)40-17-11-23-56(40)48(60)44(53-49(61)64-3)34-14-8-5-9-15-34/h4-9,12-15,18-21,30-31,39-40,43-44,50H,10-11,16-17,22-29,32H2,1-3H3,(H,51,57)(H,52,58)(H,53,61)/t39-,40-,43+,44+/m0/s1. The van der Waals surface area contributed by atoms with Gasteiger partial charge >= 0.3 is 6.09 Å². The minimum absolute atomic E-state index is 0.165. The summed E-state index contributed by atoms with van der Waals surface area (Å²) >= 11 is 0. The van der Waals surface area contributed by atoms with Gasteiger partial charge in [-0.25, -0.2) is 4.79 Å². The van der Waals surface area contributed by atoms with Crippen molar-refractivity contribution in [1.29, 1.82) is 0 Å². The zero-order chi connectivity index (χ0) is 46.4. The molecule has 0 aliphatic carbocycles. The lowest BCUT2D eigenvalue weighted by Gasteiger charge is -2.29. The Bertz CT molecular complexity index is 2450. The van der Waals surface area contributed by atoms with E-state index in [1.165, 1.54) is 12.0 Å². The lowest BCUT2D eigenvalue weighted by molar-refractivity contribution is -0.139. The van der Waals surface area contributed by atoms with Gasteiger partial charge in [0.15, 0.2) is 0 Å². The number of nitrogens with one attached hydrogen (secondary N) is 4. The number of fused-ring (bicyclic) bond motifs is 3. The number of ether oxygens (including phenoxy) is 5. The summed E-state index contributed by atoms with van der Waals surface area (Å²) in [5.74, 6) is -1.23. The van der Waals surface area contributed by atoms with Crippen molar-refractivity contribution in [2.24, 2.45) is 0 Å². The van der Waals surface area contributed by atoms with Gasteiger partial charge in [0.25, 0.3) is 5.91 Å². The van der Waals surface area contributed by atoms with Crippen molar-refractivity contribution in [3.8, 4) is 0 Å². The number of hydrogen-bond donors (Lipinski definition) is 4. The Morgan fingerprint density at radius 3 is 1.62 bits per heavy atom. The predicted molar refractivity (Wildman–Crippen MR) is 249 cm³/mol. The van der Waals surface area contributed by atoms with Crippen LogP contribution in [0, 0.1) is 0 Å². The van der Waals surface area contributed by atoms with Gasteiger partial charge in [0, 0.05) is 56.0 Å². The second kappa shape index (κ2) is 23.2. The van der Waals surface area contributed by atoms with Crippen LogP contribution in [0.4, 0.5) is 16.2 Å². The highest BCUT2D eigenvalue weighted by Crippen LogP contribution is 2.34. The molecule has 4 aromatic carbocycles. The number of hydrogen-bond acceptors (Lipinski definition) is 11. The number of rotatable bonds is 21.